The number of hydrogen-bond acceptors (Lipinski definition) is 7. The molecule has 9 nitrogen and oxygen atoms in total. The highest BCUT2D eigenvalue weighted by Gasteiger charge is 2.31. The van der Waals surface area contributed by atoms with Gasteiger partial charge in [-0.2, -0.15) is 4.31 Å². The van der Waals surface area contributed by atoms with Crippen molar-refractivity contribution in [2.45, 2.75) is 24.3 Å². The first-order valence-electron chi connectivity index (χ1n) is 10.2. The van der Waals surface area contributed by atoms with Crippen LogP contribution < -0.4 is 9.47 Å². The monoisotopic (exact) mass is 441 g/mol. The lowest BCUT2D eigenvalue weighted by Gasteiger charge is -2.36. The fraction of sp³-hybridized carbons (Fsp3) is 0.650. The number of benzene rings is 1. The number of morpholine rings is 1. The van der Waals surface area contributed by atoms with Crippen molar-refractivity contribution in [3.63, 3.8) is 0 Å². The van der Waals surface area contributed by atoms with E-state index in [1.54, 1.807) is 6.07 Å². The second kappa shape index (κ2) is 9.95. The van der Waals surface area contributed by atoms with Gasteiger partial charge in [0.1, 0.15) is 0 Å². The average Bonchev–Trinajstić information content (AvgIpc) is 2.78. The van der Waals surface area contributed by atoms with Crippen LogP contribution in [0, 0.1) is 0 Å². The molecule has 30 heavy (non-hydrogen) atoms. The van der Waals surface area contributed by atoms with Gasteiger partial charge in [0.25, 0.3) is 0 Å². The number of nitrogens with zero attached hydrogens (tertiary/aromatic N) is 3. The van der Waals surface area contributed by atoms with Crippen LogP contribution in [0.3, 0.4) is 0 Å². The number of rotatable bonds is 7. The summed E-state index contributed by atoms with van der Waals surface area (Å²) in [5.74, 6) is 0.930. The fourth-order valence-corrected chi connectivity index (χ4v) is 5.18. The maximum atomic E-state index is 13.0. The predicted molar refractivity (Wildman–Crippen MR) is 111 cm³/mol. The van der Waals surface area contributed by atoms with E-state index in [9.17, 15) is 13.2 Å². The van der Waals surface area contributed by atoms with Gasteiger partial charge in [0.2, 0.25) is 15.9 Å². The van der Waals surface area contributed by atoms with Crippen LogP contribution in [0.2, 0.25) is 0 Å². The Kier molecular flexibility index (Phi) is 7.56. The van der Waals surface area contributed by atoms with Gasteiger partial charge in [-0.1, -0.05) is 6.92 Å². The molecule has 2 aliphatic heterocycles. The maximum Gasteiger partial charge on any atom is 0.243 e. The van der Waals surface area contributed by atoms with Crippen LogP contribution >= 0.6 is 0 Å². The number of sulfonamides is 1. The van der Waals surface area contributed by atoms with Crippen LogP contribution in [-0.4, -0.2) is 101 Å². The van der Waals surface area contributed by atoms with E-state index < -0.39 is 10.0 Å². The van der Waals surface area contributed by atoms with Crippen molar-refractivity contribution in [3.8, 4) is 11.5 Å². The van der Waals surface area contributed by atoms with Gasteiger partial charge in [0, 0.05) is 45.3 Å². The third-order valence-electron chi connectivity index (χ3n) is 5.63. The molecule has 0 aromatic heterocycles. The largest absolute Gasteiger partial charge is 0.493 e. The van der Waals surface area contributed by atoms with Gasteiger partial charge in [-0.15, -0.1) is 0 Å². The quantitative estimate of drug-likeness (QED) is 0.614. The molecular weight excluding hydrogens is 410 g/mol. The second-order valence-electron chi connectivity index (χ2n) is 7.44. The van der Waals surface area contributed by atoms with Crippen LogP contribution in [0.5, 0.6) is 11.5 Å². The van der Waals surface area contributed by atoms with E-state index in [-0.39, 0.29) is 16.9 Å². The summed E-state index contributed by atoms with van der Waals surface area (Å²) >= 11 is 0. The first-order chi connectivity index (χ1) is 14.4. The molecule has 1 unspecified atom stereocenters. The summed E-state index contributed by atoms with van der Waals surface area (Å²) in [5, 5.41) is 0. The SMILES string of the molecule is CCC1CN(C(=O)CN2CCN(S(=O)(=O)c3ccc(OC)c(OC)c3)CC2)CCO1. The van der Waals surface area contributed by atoms with Crippen molar-refractivity contribution in [2.75, 3.05) is 66.6 Å². The molecule has 1 aromatic rings. The van der Waals surface area contributed by atoms with Crippen LogP contribution in [0.4, 0.5) is 0 Å². The summed E-state index contributed by atoms with van der Waals surface area (Å²) in [7, 11) is -0.664. The Balaban J connectivity index is 1.57. The highest BCUT2D eigenvalue weighted by molar-refractivity contribution is 7.89. The van der Waals surface area contributed by atoms with Crippen LogP contribution in [0.1, 0.15) is 13.3 Å². The Bertz CT molecular complexity index is 839. The Morgan fingerprint density at radius 1 is 1.10 bits per heavy atom. The molecule has 1 amide bonds. The molecular formula is C20H31N3O6S. The minimum absolute atomic E-state index is 0.0768. The number of piperazine rings is 1. The molecule has 0 aliphatic carbocycles. The number of carbonyl (C=O) groups excluding carboxylic acids is 1. The Hall–Kier alpha value is -1.88. The van der Waals surface area contributed by atoms with Gasteiger partial charge < -0.3 is 19.1 Å². The number of amides is 1. The van der Waals surface area contributed by atoms with Gasteiger partial charge in [-0.05, 0) is 18.6 Å². The predicted octanol–water partition coefficient (Wildman–Crippen LogP) is 0.648. The molecule has 168 valence electrons. The van der Waals surface area contributed by atoms with Gasteiger partial charge in [-0.3, -0.25) is 9.69 Å². The van der Waals surface area contributed by atoms with E-state index in [1.807, 2.05) is 9.80 Å². The van der Waals surface area contributed by atoms with E-state index in [2.05, 4.69) is 6.92 Å². The lowest BCUT2D eigenvalue weighted by Crippen LogP contribution is -2.53. The summed E-state index contributed by atoms with van der Waals surface area (Å²) in [6, 6.07) is 4.59. The Morgan fingerprint density at radius 2 is 1.80 bits per heavy atom. The topological polar surface area (TPSA) is 88.6 Å². The first kappa shape index (κ1) is 22.8. The van der Waals surface area contributed by atoms with E-state index in [1.165, 1.54) is 30.7 Å². The molecule has 2 aliphatic rings. The van der Waals surface area contributed by atoms with Crippen LogP contribution in [0.15, 0.2) is 23.1 Å². The summed E-state index contributed by atoms with van der Waals surface area (Å²) in [6.07, 6.45) is 0.988. The zero-order valence-corrected chi connectivity index (χ0v) is 18.7. The van der Waals surface area contributed by atoms with E-state index in [4.69, 9.17) is 14.2 Å². The van der Waals surface area contributed by atoms with Crippen molar-refractivity contribution in [1.82, 2.24) is 14.1 Å². The molecule has 2 fully saturated rings. The minimum Gasteiger partial charge on any atom is -0.493 e. The van der Waals surface area contributed by atoms with E-state index >= 15 is 0 Å². The van der Waals surface area contributed by atoms with E-state index in [0.717, 1.165) is 6.42 Å². The molecule has 1 atom stereocenters. The van der Waals surface area contributed by atoms with Crippen molar-refractivity contribution < 1.29 is 27.4 Å². The Labute approximate surface area is 178 Å². The summed E-state index contributed by atoms with van der Waals surface area (Å²) in [5.41, 5.74) is 0. The molecule has 3 rings (SSSR count). The zero-order chi connectivity index (χ0) is 21.7. The van der Waals surface area contributed by atoms with Crippen molar-refractivity contribution >= 4 is 15.9 Å². The highest BCUT2D eigenvalue weighted by Crippen LogP contribution is 2.30. The third-order valence-corrected chi connectivity index (χ3v) is 7.52. The molecule has 0 N–H and O–H groups in total. The van der Waals surface area contributed by atoms with Crippen molar-refractivity contribution in [2.24, 2.45) is 0 Å². The molecule has 0 bridgehead atoms. The number of carbonyl (C=O) groups is 1. The van der Waals surface area contributed by atoms with Crippen LogP contribution in [0.25, 0.3) is 0 Å². The van der Waals surface area contributed by atoms with Crippen molar-refractivity contribution in [3.05, 3.63) is 18.2 Å². The summed E-state index contributed by atoms with van der Waals surface area (Å²) in [6.45, 7) is 5.87. The molecule has 10 heteroatoms. The van der Waals surface area contributed by atoms with Gasteiger partial charge in [0.15, 0.2) is 11.5 Å². The Morgan fingerprint density at radius 3 is 2.43 bits per heavy atom. The van der Waals surface area contributed by atoms with Crippen molar-refractivity contribution in [1.29, 1.82) is 0 Å². The van der Waals surface area contributed by atoms with Crippen LogP contribution in [-0.2, 0) is 19.6 Å². The molecule has 1 aromatic carbocycles. The molecule has 0 spiro atoms. The fourth-order valence-electron chi connectivity index (χ4n) is 3.74. The lowest BCUT2D eigenvalue weighted by molar-refractivity contribution is -0.140. The molecule has 2 saturated heterocycles. The lowest BCUT2D eigenvalue weighted by atomic mass is 10.2. The van der Waals surface area contributed by atoms with Gasteiger partial charge in [-0.25, -0.2) is 8.42 Å². The van der Waals surface area contributed by atoms with E-state index in [0.29, 0.717) is 63.9 Å². The molecule has 0 saturated carbocycles. The summed E-state index contributed by atoms with van der Waals surface area (Å²) in [4.78, 5) is 16.7. The molecule has 2 heterocycles. The smallest absolute Gasteiger partial charge is 0.243 e. The zero-order valence-electron chi connectivity index (χ0n) is 17.9. The highest BCUT2D eigenvalue weighted by atomic mass is 32.2. The maximum absolute atomic E-state index is 13.0. The second-order valence-corrected chi connectivity index (χ2v) is 9.38. The third kappa shape index (κ3) is 5.05. The van der Waals surface area contributed by atoms with Gasteiger partial charge >= 0.3 is 0 Å². The van der Waals surface area contributed by atoms with Gasteiger partial charge in [0.05, 0.1) is 38.4 Å². The average molecular weight is 442 g/mol. The normalized spacial score (nSPS) is 21.4. The molecule has 0 radical (unpaired) electrons. The minimum atomic E-state index is -3.64. The number of methoxy groups -OCH3 is 2. The number of ether oxygens (including phenoxy) is 3. The first-order valence-corrected chi connectivity index (χ1v) is 11.7. The number of hydrogen-bond donors (Lipinski definition) is 0. The standard InChI is InChI=1S/C20H31N3O6S/c1-4-16-14-22(11-12-29-16)20(24)15-21-7-9-23(10-8-21)30(25,26)17-5-6-18(27-2)19(13-17)28-3/h5-6,13,16H,4,7-12,14-15H2,1-3H3. The summed E-state index contributed by atoms with van der Waals surface area (Å²) < 4.78 is 43.5.